The van der Waals surface area contributed by atoms with E-state index in [0.717, 1.165) is 60.7 Å². The molecule has 0 amide bonds. The second kappa shape index (κ2) is 7.87. The number of likely N-dealkylation sites (tertiary alicyclic amines) is 1. The Balaban J connectivity index is 1.12. The Morgan fingerprint density at radius 3 is 2.78 bits per heavy atom. The Kier molecular flexibility index (Phi) is 5.28. The molecule has 2 fully saturated rings. The summed E-state index contributed by atoms with van der Waals surface area (Å²) in [7, 11) is 1.91. The molecule has 11 heteroatoms. The van der Waals surface area contributed by atoms with Gasteiger partial charge < -0.3 is 13.9 Å². The van der Waals surface area contributed by atoms with Crippen molar-refractivity contribution in [3.63, 3.8) is 0 Å². The van der Waals surface area contributed by atoms with Crippen LogP contribution in [0.15, 0.2) is 34.3 Å². The van der Waals surface area contributed by atoms with Crippen LogP contribution in [0.1, 0.15) is 29.8 Å². The first-order chi connectivity index (χ1) is 15.3. The van der Waals surface area contributed by atoms with Crippen LogP contribution in [0, 0.1) is 12.8 Å². The summed E-state index contributed by atoms with van der Waals surface area (Å²) in [6, 6.07) is 2.71. The molecule has 2 atom stereocenters. The van der Waals surface area contributed by atoms with Crippen molar-refractivity contribution in [1.82, 2.24) is 29.6 Å². The lowest BCUT2D eigenvalue weighted by Crippen LogP contribution is -2.28. The lowest BCUT2D eigenvalue weighted by Gasteiger charge is -2.21. The number of hydrogen-bond donors (Lipinski definition) is 0. The van der Waals surface area contributed by atoms with Gasteiger partial charge in [-0.2, -0.15) is 13.2 Å². The molecule has 32 heavy (non-hydrogen) atoms. The van der Waals surface area contributed by atoms with E-state index in [-0.39, 0.29) is 5.41 Å². The molecule has 4 heterocycles. The molecule has 0 aromatic carbocycles. The minimum atomic E-state index is -4.39. The first kappa shape index (κ1) is 21.4. The van der Waals surface area contributed by atoms with Crippen molar-refractivity contribution in [2.75, 3.05) is 25.4 Å². The smallest absolute Gasteiger partial charge is 0.433 e. The third kappa shape index (κ3) is 3.81. The van der Waals surface area contributed by atoms with Crippen LogP contribution in [-0.2, 0) is 18.6 Å². The third-order valence-electron chi connectivity index (χ3n) is 6.48. The summed E-state index contributed by atoms with van der Waals surface area (Å²) >= 11 is 1.65. The van der Waals surface area contributed by atoms with Crippen molar-refractivity contribution in [2.45, 2.75) is 36.5 Å². The normalized spacial score (nSPS) is 23.0. The SMILES string of the molecule is Cc1ncoc1-c1nnc(SCCCN2C[C@H]3C[C@@]3(c3ccc(C(F)(F)F)nc3)C2)n1C. The molecular weight excluding hydrogens is 441 g/mol. The highest BCUT2D eigenvalue weighted by atomic mass is 32.2. The first-order valence-electron chi connectivity index (χ1n) is 10.5. The van der Waals surface area contributed by atoms with Crippen LogP contribution in [0.25, 0.3) is 11.6 Å². The van der Waals surface area contributed by atoms with E-state index in [9.17, 15) is 13.2 Å². The van der Waals surface area contributed by atoms with E-state index < -0.39 is 11.9 Å². The topological polar surface area (TPSA) is 72.9 Å². The Labute approximate surface area is 187 Å². The zero-order valence-electron chi connectivity index (χ0n) is 17.8. The van der Waals surface area contributed by atoms with Gasteiger partial charge in [-0.25, -0.2) is 4.98 Å². The van der Waals surface area contributed by atoms with Crippen LogP contribution >= 0.6 is 11.8 Å². The van der Waals surface area contributed by atoms with Gasteiger partial charge in [-0.15, -0.1) is 10.2 Å². The molecule has 0 unspecified atom stereocenters. The highest BCUT2D eigenvalue weighted by Gasteiger charge is 2.60. The lowest BCUT2D eigenvalue weighted by atomic mass is 9.96. The molecule has 1 aliphatic heterocycles. The quantitative estimate of drug-likeness (QED) is 0.387. The number of aromatic nitrogens is 5. The van der Waals surface area contributed by atoms with Gasteiger partial charge in [0.2, 0.25) is 5.82 Å². The van der Waals surface area contributed by atoms with Gasteiger partial charge in [0.15, 0.2) is 17.3 Å². The molecule has 1 aliphatic carbocycles. The van der Waals surface area contributed by atoms with Crippen molar-refractivity contribution < 1.29 is 17.6 Å². The fraction of sp³-hybridized carbons (Fsp3) is 0.524. The first-order valence-corrected chi connectivity index (χ1v) is 11.5. The monoisotopic (exact) mass is 464 g/mol. The highest BCUT2D eigenvalue weighted by molar-refractivity contribution is 7.99. The molecule has 0 radical (unpaired) electrons. The van der Waals surface area contributed by atoms with Gasteiger partial charge in [-0.05, 0) is 43.9 Å². The van der Waals surface area contributed by atoms with Gasteiger partial charge in [0.25, 0.3) is 0 Å². The highest BCUT2D eigenvalue weighted by Crippen LogP contribution is 2.58. The number of rotatable bonds is 7. The summed E-state index contributed by atoms with van der Waals surface area (Å²) in [6.45, 7) is 4.69. The van der Waals surface area contributed by atoms with E-state index in [1.54, 1.807) is 17.8 Å². The van der Waals surface area contributed by atoms with Gasteiger partial charge in [0.05, 0.1) is 5.69 Å². The molecule has 0 N–H and O–H groups in total. The van der Waals surface area contributed by atoms with Gasteiger partial charge in [-0.3, -0.25) is 4.98 Å². The van der Waals surface area contributed by atoms with Crippen molar-refractivity contribution in [3.8, 4) is 11.6 Å². The number of hydrogen-bond acceptors (Lipinski definition) is 7. The van der Waals surface area contributed by atoms with E-state index in [1.165, 1.54) is 12.6 Å². The van der Waals surface area contributed by atoms with Gasteiger partial charge in [-0.1, -0.05) is 17.8 Å². The Morgan fingerprint density at radius 1 is 1.25 bits per heavy atom. The predicted octanol–water partition coefficient (Wildman–Crippen LogP) is 3.95. The Morgan fingerprint density at radius 2 is 2.09 bits per heavy atom. The molecule has 7 nitrogen and oxygen atoms in total. The van der Waals surface area contributed by atoms with Gasteiger partial charge in [0, 0.05) is 37.5 Å². The average Bonchev–Trinajstić information content (AvgIpc) is 3.05. The fourth-order valence-corrected chi connectivity index (χ4v) is 5.50. The largest absolute Gasteiger partial charge is 0.440 e. The number of pyridine rings is 1. The van der Waals surface area contributed by atoms with Gasteiger partial charge in [0.1, 0.15) is 5.69 Å². The summed E-state index contributed by atoms with van der Waals surface area (Å²) < 4.78 is 45.7. The summed E-state index contributed by atoms with van der Waals surface area (Å²) in [6.07, 6.45) is 0.455. The van der Waals surface area contributed by atoms with E-state index in [4.69, 9.17) is 4.42 Å². The number of alkyl halides is 3. The summed E-state index contributed by atoms with van der Waals surface area (Å²) in [4.78, 5) is 10.2. The average molecular weight is 465 g/mol. The molecule has 0 spiro atoms. The number of aryl methyl sites for hydroxylation is 1. The molecule has 1 saturated heterocycles. The molecule has 1 saturated carbocycles. The zero-order chi connectivity index (χ0) is 22.5. The standard InChI is InChI=1S/C21H23F3N6OS/c1-13-17(31-12-26-13)18-27-28-19(29(18)2)32-7-3-6-30-10-15-8-20(15,11-30)14-4-5-16(25-9-14)21(22,23)24/h4-5,9,12,15H,3,6-8,10-11H2,1-2H3/t15-,20+/m1/s1. The van der Waals surface area contributed by atoms with Crippen LogP contribution in [0.5, 0.6) is 0 Å². The maximum absolute atomic E-state index is 12.8. The maximum atomic E-state index is 12.8. The number of thioether (sulfide) groups is 1. The second-order valence-corrected chi connectivity index (χ2v) is 9.62. The van der Waals surface area contributed by atoms with Crippen molar-refractivity contribution in [2.24, 2.45) is 13.0 Å². The number of oxazole rings is 1. The lowest BCUT2D eigenvalue weighted by molar-refractivity contribution is -0.141. The van der Waals surface area contributed by atoms with Crippen LogP contribution in [0.3, 0.4) is 0 Å². The number of piperidine rings is 1. The van der Waals surface area contributed by atoms with Crippen LogP contribution in [0.4, 0.5) is 13.2 Å². The number of fused-ring (bicyclic) bond motifs is 1. The molecular formula is C21H23F3N6OS. The molecule has 3 aromatic rings. The zero-order valence-corrected chi connectivity index (χ0v) is 18.6. The maximum Gasteiger partial charge on any atom is 0.433 e. The van der Waals surface area contributed by atoms with Crippen molar-refractivity contribution in [1.29, 1.82) is 0 Å². The second-order valence-electron chi connectivity index (χ2n) is 8.56. The Bertz CT molecular complexity index is 1110. The minimum Gasteiger partial charge on any atom is -0.440 e. The predicted molar refractivity (Wildman–Crippen MR) is 112 cm³/mol. The van der Waals surface area contributed by atoms with E-state index >= 15 is 0 Å². The molecule has 5 rings (SSSR count). The van der Waals surface area contributed by atoms with Crippen LogP contribution in [0.2, 0.25) is 0 Å². The van der Waals surface area contributed by atoms with E-state index in [0.29, 0.717) is 17.5 Å². The molecule has 0 bridgehead atoms. The minimum absolute atomic E-state index is 0.0162. The van der Waals surface area contributed by atoms with Crippen LogP contribution in [-0.4, -0.2) is 55.0 Å². The van der Waals surface area contributed by atoms with Crippen molar-refractivity contribution in [3.05, 3.63) is 41.7 Å². The van der Waals surface area contributed by atoms with Crippen molar-refractivity contribution >= 4 is 11.8 Å². The summed E-state index contributed by atoms with van der Waals surface area (Å²) in [5.41, 5.74) is 0.869. The summed E-state index contributed by atoms with van der Waals surface area (Å²) in [5, 5.41) is 9.32. The fourth-order valence-electron chi connectivity index (χ4n) is 4.67. The van der Waals surface area contributed by atoms with E-state index in [1.807, 2.05) is 18.5 Å². The number of nitrogens with zero attached hydrogens (tertiary/aromatic N) is 6. The van der Waals surface area contributed by atoms with Gasteiger partial charge >= 0.3 is 6.18 Å². The number of halogens is 3. The van der Waals surface area contributed by atoms with Crippen LogP contribution < -0.4 is 0 Å². The third-order valence-corrected chi connectivity index (χ3v) is 7.59. The summed E-state index contributed by atoms with van der Waals surface area (Å²) in [5.74, 6) is 2.71. The molecule has 2 aliphatic rings. The Hall–Kier alpha value is -2.40. The molecule has 170 valence electrons. The van der Waals surface area contributed by atoms with E-state index in [2.05, 4.69) is 25.1 Å². The molecule has 3 aromatic heterocycles.